The van der Waals surface area contributed by atoms with Crippen LogP contribution in [0.2, 0.25) is 0 Å². The highest BCUT2D eigenvalue weighted by Crippen LogP contribution is 2.39. The first-order chi connectivity index (χ1) is 23.9. The van der Waals surface area contributed by atoms with Gasteiger partial charge in [-0.3, -0.25) is 19.0 Å². The number of nitrogens with one attached hydrogen (secondary N) is 2. The number of benzene rings is 4. The van der Waals surface area contributed by atoms with E-state index in [4.69, 9.17) is 14.2 Å². The van der Waals surface area contributed by atoms with E-state index in [9.17, 15) is 14.4 Å². The van der Waals surface area contributed by atoms with Gasteiger partial charge in [0.1, 0.15) is 5.70 Å². The van der Waals surface area contributed by atoms with Gasteiger partial charge in [-0.2, -0.15) is 0 Å². The number of hydrogen-bond acceptors (Lipinski definition) is 7. The summed E-state index contributed by atoms with van der Waals surface area (Å²) in [7, 11) is 4.51. The Bertz CT molecular complexity index is 2030. The number of aromatic nitrogens is 1. The number of rotatable bonds is 11. The van der Waals surface area contributed by atoms with Crippen molar-refractivity contribution in [3.05, 3.63) is 119 Å². The molecule has 2 N–H and O–H groups in total. The van der Waals surface area contributed by atoms with Crippen molar-refractivity contribution in [3.8, 4) is 17.2 Å². The van der Waals surface area contributed by atoms with Crippen LogP contribution in [0.15, 0.2) is 102 Å². The Morgan fingerprint density at radius 3 is 2.27 bits per heavy atom. The predicted molar refractivity (Wildman–Crippen MR) is 193 cm³/mol. The molecule has 0 radical (unpaired) electrons. The van der Waals surface area contributed by atoms with Gasteiger partial charge in [0.2, 0.25) is 11.7 Å². The van der Waals surface area contributed by atoms with Gasteiger partial charge in [0.05, 0.1) is 32.6 Å². The Hall–Kier alpha value is -5.48. The third-order valence-corrected chi connectivity index (χ3v) is 9.39. The lowest BCUT2D eigenvalue weighted by atomic mass is 9.96. The molecule has 0 atom stereocenters. The maximum Gasteiger partial charge on any atom is 0.272 e. The van der Waals surface area contributed by atoms with E-state index < -0.39 is 11.8 Å². The molecule has 0 spiro atoms. The molecule has 1 aliphatic rings. The highest BCUT2D eigenvalue weighted by atomic mass is 32.2. The fraction of sp³-hybridized carbons (Fsp3) is 0.205. The van der Waals surface area contributed by atoms with Crippen LogP contribution in [0.4, 0.5) is 5.69 Å². The second-order valence-corrected chi connectivity index (χ2v) is 12.5. The van der Waals surface area contributed by atoms with Crippen LogP contribution >= 0.6 is 11.8 Å². The van der Waals surface area contributed by atoms with E-state index in [1.54, 1.807) is 48.5 Å². The Morgan fingerprint density at radius 1 is 0.816 bits per heavy atom. The van der Waals surface area contributed by atoms with Crippen molar-refractivity contribution in [2.75, 3.05) is 32.4 Å². The Kier molecular flexibility index (Phi) is 10.3. The van der Waals surface area contributed by atoms with Crippen molar-refractivity contribution < 1.29 is 28.6 Å². The Morgan fingerprint density at radius 2 is 1.53 bits per heavy atom. The molecule has 1 heterocycles. The lowest BCUT2D eigenvalue weighted by molar-refractivity contribution is -0.113. The summed E-state index contributed by atoms with van der Waals surface area (Å²) in [6, 6.07) is 27.4. The smallest absolute Gasteiger partial charge is 0.272 e. The number of anilines is 1. The molecule has 250 valence electrons. The molecular formula is C39H37N3O6S. The number of carbonyl (C=O) groups excluding carboxylic acids is 3. The largest absolute Gasteiger partial charge is 0.493 e. The summed E-state index contributed by atoms with van der Waals surface area (Å²) in [5, 5.41) is 6.83. The third-order valence-electron chi connectivity index (χ3n) is 8.41. The van der Waals surface area contributed by atoms with Crippen molar-refractivity contribution in [2.45, 2.75) is 30.6 Å². The number of para-hydroxylation sites is 1. The average molecular weight is 676 g/mol. The first-order valence-electron chi connectivity index (χ1n) is 16.0. The van der Waals surface area contributed by atoms with Gasteiger partial charge < -0.3 is 24.8 Å². The standard InChI is InChI=1S/C39H37N3O6S/c1-46-34-21-25(22-35(47-2)37(34)48-3)20-31(41-38(44)26-12-5-4-6-13-26)39(45)40-27-14-11-15-28(23-27)49-24-36(43)42-32-18-9-7-16-29(32)30-17-8-10-19-33(30)42/h4-7,9,11-16,18,20-23H,8,10,17,19,24H2,1-3H3,(H,40,45)(H,41,44)/b31-20-. The van der Waals surface area contributed by atoms with Crippen LogP contribution in [0, 0.1) is 0 Å². The number of nitrogens with zero attached hydrogens (tertiary/aromatic N) is 1. The second-order valence-electron chi connectivity index (χ2n) is 11.5. The van der Waals surface area contributed by atoms with Gasteiger partial charge in [0.15, 0.2) is 11.5 Å². The summed E-state index contributed by atoms with van der Waals surface area (Å²) in [4.78, 5) is 41.4. The quantitative estimate of drug-likeness (QED) is 0.111. The zero-order valence-corrected chi connectivity index (χ0v) is 28.4. The lowest BCUT2D eigenvalue weighted by Crippen LogP contribution is -2.30. The molecule has 49 heavy (non-hydrogen) atoms. The predicted octanol–water partition coefficient (Wildman–Crippen LogP) is 7.39. The van der Waals surface area contributed by atoms with Crippen molar-refractivity contribution >= 4 is 52.1 Å². The molecular weight excluding hydrogens is 639 g/mol. The van der Waals surface area contributed by atoms with Crippen LogP contribution in [-0.2, 0) is 17.6 Å². The van der Waals surface area contributed by atoms with Crippen molar-refractivity contribution in [2.24, 2.45) is 0 Å². The van der Waals surface area contributed by atoms with E-state index in [2.05, 4.69) is 16.7 Å². The maximum atomic E-state index is 13.8. The molecule has 0 fully saturated rings. The molecule has 6 rings (SSSR count). The number of ether oxygens (including phenoxy) is 3. The average Bonchev–Trinajstić information content (AvgIpc) is 3.48. The Labute approximate surface area is 289 Å². The fourth-order valence-corrected chi connectivity index (χ4v) is 6.95. The minimum absolute atomic E-state index is 0.000574. The van der Waals surface area contributed by atoms with Crippen molar-refractivity contribution in [1.82, 2.24) is 9.88 Å². The normalized spacial score (nSPS) is 12.6. The van der Waals surface area contributed by atoms with E-state index in [1.165, 1.54) is 38.7 Å². The van der Waals surface area contributed by atoms with Crippen molar-refractivity contribution in [1.29, 1.82) is 0 Å². The van der Waals surface area contributed by atoms with Crippen LogP contribution in [-0.4, -0.2) is 49.4 Å². The van der Waals surface area contributed by atoms with Gasteiger partial charge in [-0.25, -0.2) is 0 Å². The third kappa shape index (κ3) is 7.34. The highest BCUT2D eigenvalue weighted by molar-refractivity contribution is 8.00. The topological polar surface area (TPSA) is 108 Å². The molecule has 0 aliphatic heterocycles. The second kappa shape index (κ2) is 15.2. The summed E-state index contributed by atoms with van der Waals surface area (Å²) in [6.45, 7) is 0. The number of hydrogen-bond donors (Lipinski definition) is 2. The van der Waals surface area contributed by atoms with Gasteiger partial charge in [0, 0.05) is 27.2 Å². The minimum Gasteiger partial charge on any atom is -0.493 e. The number of thioether (sulfide) groups is 1. The van der Waals surface area contributed by atoms with Crippen LogP contribution in [0.1, 0.15) is 44.8 Å². The molecule has 9 nitrogen and oxygen atoms in total. The van der Waals surface area contributed by atoms with E-state index in [0.29, 0.717) is 34.1 Å². The molecule has 4 aromatic carbocycles. The summed E-state index contributed by atoms with van der Waals surface area (Å²) in [5.74, 6) is 0.475. The lowest BCUT2D eigenvalue weighted by Gasteiger charge is -2.15. The first kappa shape index (κ1) is 33.4. The first-order valence-corrected chi connectivity index (χ1v) is 17.0. The van der Waals surface area contributed by atoms with E-state index in [0.717, 1.165) is 47.2 Å². The molecule has 1 aromatic heterocycles. The highest BCUT2D eigenvalue weighted by Gasteiger charge is 2.23. The van der Waals surface area contributed by atoms with E-state index >= 15 is 0 Å². The molecule has 5 aromatic rings. The van der Waals surface area contributed by atoms with Gasteiger partial charge in [-0.15, -0.1) is 11.8 Å². The van der Waals surface area contributed by atoms with Crippen molar-refractivity contribution in [3.63, 3.8) is 0 Å². The van der Waals surface area contributed by atoms with Gasteiger partial charge in [-0.1, -0.05) is 42.5 Å². The number of amides is 2. The number of carbonyl (C=O) groups is 3. The number of aryl methyl sites for hydroxylation is 1. The zero-order chi connectivity index (χ0) is 34.3. The van der Waals surface area contributed by atoms with E-state index in [-0.39, 0.29) is 17.4 Å². The molecule has 1 aliphatic carbocycles. The molecule has 10 heteroatoms. The summed E-state index contributed by atoms with van der Waals surface area (Å²) in [5.41, 5.74) is 4.82. The van der Waals surface area contributed by atoms with Crippen LogP contribution < -0.4 is 24.8 Å². The Balaban J connectivity index is 1.23. The fourth-order valence-electron chi connectivity index (χ4n) is 6.15. The summed E-state index contributed by atoms with van der Waals surface area (Å²) >= 11 is 1.41. The molecule has 2 amide bonds. The SMILES string of the molecule is COc1cc(/C=C(\NC(=O)c2ccccc2)C(=O)Nc2cccc(SCC(=O)n3c4c(c5ccccc53)CCCC4)c2)cc(OC)c1OC. The monoisotopic (exact) mass is 675 g/mol. The van der Waals surface area contributed by atoms with Crippen LogP contribution in [0.3, 0.4) is 0 Å². The number of methoxy groups -OCH3 is 3. The van der Waals surface area contributed by atoms with Gasteiger partial charge >= 0.3 is 0 Å². The summed E-state index contributed by atoms with van der Waals surface area (Å²) < 4.78 is 18.3. The van der Waals surface area contributed by atoms with Crippen LogP contribution in [0.5, 0.6) is 17.2 Å². The molecule has 0 bridgehead atoms. The zero-order valence-electron chi connectivity index (χ0n) is 27.6. The van der Waals surface area contributed by atoms with Gasteiger partial charge in [0.25, 0.3) is 11.8 Å². The number of fused-ring (bicyclic) bond motifs is 3. The molecule has 0 saturated carbocycles. The van der Waals surface area contributed by atoms with E-state index in [1.807, 2.05) is 47.0 Å². The minimum atomic E-state index is -0.540. The summed E-state index contributed by atoms with van der Waals surface area (Å²) in [6.07, 6.45) is 5.65. The van der Waals surface area contributed by atoms with Crippen LogP contribution in [0.25, 0.3) is 17.0 Å². The van der Waals surface area contributed by atoms with Gasteiger partial charge in [-0.05, 0) is 91.4 Å². The molecule has 0 saturated heterocycles. The maximum absolute atomic E-state index is 13.8. The molecule has 0 unspecified atom stereocenters.